The summed E-state index contributed by atoms with van der Waals surface area (Å²) in [6.07, 6.45) is 0. The number of halogens is 1. The van der Waals surface area contributed by atoms with E-state index < -0.39 is 5.56 Å². The van der Waals surface area contributed by atoms with Crippen molar-refractivity contribution in [2.24, 2.45) is 0 Å². The first-order chi connectivity index (χ1) is 5.33. The summed E-state index contributed by atoms with van der Waals surface area (Å²) in [5.41, 5.74) is -0.905. The van der Waals surface area contributed by atoms with Crippen LogP contribution in [0.5, 0.6) is 5.75 Å². The van der Waals surface area contributed by atoms with Gasteiger partial charge < -0.3 is 4.74 Å². The quantitative estimate of drug-likeness (QED) is 0.633. The van der Waals surface area contributed by atoms with Gasteiger partial charge >= 0.3 is 0 Å². The number of benzene rings is 1. The fourth-order valence-corrected chi connectivity index (χ4v) is 0.748. The van der Waals surface area contributed by atoms with E-state index in [0.29, 0.717) is 5.75 Å². The molecule has 0 saturated heterocycles. The second-order valence-electron chi connectivity index (χ2n) is 1.88. The van der Waals surface area contributed by atoms with Crippen molar-refractivity contribution < 1.29 is 4.74 Å². The molecule has 0 spiro atoms. The van der Waals surface area contributed by atoms with Crippen molar-refractivity contribution in [1.29, 1.82) is 5.26 Å². The van der Waals surface area contributed by atoms with Crippen LogP contribution in [0.4, 0.5) is 0 Å². The molecule has 0 amide bonds. The van der Waals surface area contributed by atoms with Gasteiger partial charge in [0.25, 0.3) is 5.56 Å². The van der Waals surface area contributed by atoms with Crippen molar-refractivity contribution in [3.8, 4) is 11.8 Å². The van der Waals surface area contributed by atoms with E-state index in [1.807, 2.05) is 18.2 Å². The lowest BCUT2D eigenvalue weighted by Gasteiger charge is -2.03. The molecule has 0 aliphatic heterocycles. The summed E-state index contributed by atoms with van der Waals surface area (Å²) in [6.45, 7) is 0. The number of nitrogens with zero attached hydrogens (tertiary/aromatic N) is 1. The average Bonchev–Trinajstić information content (AvgIpc) is 2.06. The van der Waals surface area contributed by atoms with Crippen LogP contribution in [0.15, 0.2) is 30.3 Å². The molecule has 1 aromatic carbocycles. The predicted octanol–water partition coefficient (Wildman–Crippen LogP) is 2.15. The Morgan fingerprint density at radius 1 is 1.36 bits per heavy atom. The number of para-hydroxylation sites is 1. The van der Waals surface area contributed by atoms with Crippen LogP contribution in [0.3, 0.4) is 0 Å². The predicted molar refractivity (Wildman–Crippen MR) is 42.3 cm³/mol. The lowest BCUT2D eigenvalue weighted by atomic mass is 10.3. The zero-order valence-corrected chi connectivity index (χ0v) is 6.45. The molecule has 0 bridgehead atoms. The van der Waals surface area contributed by atoms with Crippen LogP contribution in [0.1, 0.15) is 0 Å². The monoisotopic (exact) mass is 167 g/mol. The minimum Gasteiger partial charge on any atom is -0.461 e. The third-order valence-electron chi connectivity index (χ3n) is 1.08. The summed E-state index contributed by atoms with van der Waals surface area (Å²) in [6, 6.07) is 10.7. The van der Waals surface area contributed by atoms with Gasteiger partial charge in [-0.3, -0.25) is 0 Å². The highest BCUT2D eigenvalue weighted by Crippen LogP contribution is 2.11. The van der Waals surface area contributed by atoms with Gasteiger partial charge in [0.1, 0.15) is 11.8 Å². The molecule has 0 aliphatic rings. The molecule has 0 radical (unpaired) electrons. The number of rotatable bonds is 2. The molecule has 1 atom stereocenters. The Bertz CT molecular complexity index is 255. The van der Waals surface area contributed by atoms with E-state index in [1.165, 1.54) is 0 Å². The molecule has 3 heteroatoms. The summed E-state index contributed by atoms with van der Waals surface area (Å²) >= 11 is 5.42. The van der Waals surface area contributed by atoms with Crippen LogP contribution in [0, 0.1) is 11.3 Å². The Morgan fingerprint density at radius 3 is 2.55 bits per heavy atom. The number of nitriles is 1. The van der Waals surface area contributed by atoms with Crippen molar-refractivity contribution in [2.75, 3.05) is 0 Å². The lowest BCUT2D eigenvalue weighted by Crippen LogP contribution is -2.04. The molecular weight excluding hydrogens is 162 g/mol. The molecule has 1 unspecified atom stereocenters. The van der Waals surface area contributed by atoms with Gasteiger partial charge in [-0.15, -0.1) is 0 Å². The molecule has 1 aromatic rings. The van der Waals surface area contributed by atoms with E-state index in [0.717, 1.165) is 0 Å². The SMILES string of the molecule is N#CC(Cl)Oc1ccccc1. The van der Waals surface area contributed by atoms with Gasteiger partial charge in [-0.1, -0.05) is 29.8 Å². The highest BCUT2D eigenvalue weighted by molar-refractivity contribution is 6.21. The van der Waals surface area contributed by atoms with Crippen LogP contribution in [0.25, 0.3) is 0 Å². The maximum atomic E-state index is 8.29. The molecule has 2 nitrogen and oxygen atoms in total. The fraction of sp³-hybridized carbons (Fsp3) is 0.125. The number of hydrogen-bond donors (Lipinski definition) is 0. The normalized spacial score (nSPS) is 11.6. The van der Waals surface area contributed by atoms with Crippen molar-refractivity contribution in [3.05, 3.63) is 30.3 Å². The van der Waals surface area contributed by atoms with E-state index in [1.54, 1.807) is 18.2 Å². The Morgan fingerprint density at radius 2 is 2.00 bits per heavy atom. The average molecular weight is 168 g/mol. The summed E-state index contributed by atoms with van der Waals surface area (Å²) in [5, 5.41) is 8.29. The molecule has 56 valence electrons. The molecule has 1 rings (SSSR count). The molecular formula is C8H6ClNO. The van der Waals surface area contributed by atoms with Crippen molar-refractivity contribution in [2.45, 2.75) is 5.56 Å². The number of alkyl halides is 1. The van der Waals surface area contributed by atoms with Crippen molar-refractivity contribution in [1.82, 2.24) is 0 Å². The van der Waals surface area contributed by atoms with Gasteiger partial charge in [0, 0.05) is 0 Å². The summed E-state index contributed by atoms with van der Waals surface area (Å²) in [7, 11) is 0. The van der Waals surface area contributed by atoms with E-state index >= 15 is 0 Å². The first-order valence-electron chi connectivity index (χ1n) is 3.08. The van der Waals surface area contributed by atoms with E-state index in [4.69, 9.17) is 21.6 Å². The Hall–Kier alpha value is -1.20. The van der Waals surface area contributed by atoms with Gasteiger partial charge in [0.05, 0.1) is 0 Å². The van der Waals surface area contributed by atoms with Gasteiger partial charge in [-0.05, 0) is 12.1 Å². The highest BCUT2D eigenvalue weighted by Gasteiger charge is 2.01. The molecule has 0 aliphatic carbocycles. The van der Waals surface area contributed by atoms with Crippen molar-refractivity contribution >= 4 is 11.6 Å². The first kappa shape index (κ1) is 7.90. The maximum absolute atomic E-state index is 8.29. The Labute approximate surface area is 70.0 Å². The van der Waals surface area contributed by atoms with Crippen LogP contribution >= 0.6 is 11.6 Å². The largest absolute Gasteiger partial charge is 0.461 e. The minimum atomic E-state index is -0.905. The summed E-state index contributed by atoms with van der Waals surface area (Å²) in [4.78, 5) is 0. The summed E-state index contributed by atoms with van der Waals surface area (Å²) < 4.78 is 4.97. The van der Waals surface area contributed by atoms with Crippen LogP contribution in [0.2, 0.25) is 0 Å². The van der Waals surface area contributed by atoms with Crippen LogP contribution in [-0.4, -0.2) is 5.56 Å². The van der Waals surface area contributed by atoms with E-state index in [-0.39, 0.29) is 0 Å². The smallest absolute Gasteiger partial charge is 0.258 e. The topological polar surface area (TPSA) is 33.0 Å². The third-order valence-corrected chi connectivity index (χ3v) is 1.27. The standard InChI is InChI=1S/C8H6ClNO/c9-8(6-10)11-7-4-2-1-3-5-7/h1-5,8H. The Balaban J connectivity index is 2.60. The van der Waals surface area contributed by atoms with Crippen LogP contribution < -0.4 is 4.74 Å². The Kier molecular flexibility index (Phi) is 2.76. The molecule has 0 saturated carbocycles. The lowest BCUT2D eigenvalue weighted by molar-refractivity contribution is 0.332. The zero-order valence-electron chi connectivity index (χ0n) is 5.70. The molecule has 0 N–H and O–H groups in total. The molecule has 0 aromatic heterocycles. The zero-order chi connectivity index (χ0) is 8.10. The number of ether oxygens (including phenoxy) is 1. The molecule has 11 heavy (non-hydrogen) atoms. The summed E-state index contributed by atoms with van der Waals surface area (Å²) in [5.74, 6) is 0.606. The van der Waals surface area contributed by atoms with E-state index in [9.17, 15) is 0 Å². The fourth-order valence-electron chi connectivity index (χ4n) is 0.645. The maximum Gasteiger partial charge on any atom is 0.258 e. The molecule has 0 heterocycles. The van der Waals surface area contributed by atoms with Gasteiger partial charge in [0.15, 0.2) is 0 Å². The minimum absolute atomic E-state index is 0.606. The number of hydrogen-bond acceptors (Lipinski definition) is 2. The second-order valence-corrected chi connectivity index (χ2v) is 2.27. The second kappa shape index (κ2) is 3.85. The van der Waals surface area contributed by atoms with Crippen molar-refractivity contribution in [3.63, 3.8) is 0 Å². The first-order valence-corrected chi connectivity index (χ1v) is 3.52. The highest BCUT2D eigenvalue weighted by atomic mass is 35.5. The van der Waals surface area contributed by atoms with Crippen LogP contribution in [-0.2, 0) is 0 Å². The van der Waals surface area contributed by atoms with Gasteiger partial charge in [0.2, 0.25) is 0 Å². The van der Waals surface area contributed by atoms with Gasteiger partial charge in [-0.2, -0.15) is 5.26 Å². The molecule has 0 fully saturated rings. The van der Waals surface area contributed by atoms with Gasteiger partial charge in [-0.25, -0.2) is 0 Å². The van der Waals surface area contributed by atoms with E-state index in [2.05, 4.69) is 0 Å². The third kappa shape index (κ3) is 2.48.